The number of thiazole rings is 1. The van der Waals surface area contributed by atoms with Crippen LogP contribution in [0.3, 0.4) is 0 Å². The summed E-state index contributed by atoms with van der Waals surface area (Å²) in [6.07, 6.45) is 0. The molecule has 20 heavy (non-hydrogen) atoms. The molecule has 0 fully saturated rings. The molecule has 0 aliphatic heterocycles. The molecule has 2 rings (SSSR count). The second kappa shape index (κ2) is 6.06. The van der Waals surface area contributed by atoms with Crippen LogP contribution in [0.15, 0.2) is 23.6 Å². The molecule has 1 aromatic carbocycles. The van der Waals surface area contributed by atoms with Gasteiger partial charge in [-0.3, -0.25) is 4.79 Å². The molecular formula is C13H13F2N3OS. The molecule has 0 radical (unpaired) electrons. The number of amides is 1. The van der Waals surface area contributed by atoms with Crippen molar-refractivity contribution in [2.24, 2.45) is 5.73 Å². The van der Waals surface area contributed by atoms with Gasteiger partial charge in [0.05, 0.1) is 6.04 Å². The van der Waals surface area contributed by atoms with Crippen molar-refractivity contribution in [1.29, 1.82) is 0 Å². The quantitative estimate of drug-likeness (QED) is 0.910. The monoisotopic (exact) mass is 297 g/mol. The third-order valence-electron chi connectivity index (χ3n) is 2.63. The average molecular weight is 297 g/mol. The zero-order chi connectivity index (χ0) is 14.7. The van der Waals surface area contributed by atoms with Gasteiger partial charge in [0, 0.05) is 17.5 Å². The fourth-order valence-electron chi connectivity index (χ4n) is 1.56. The Hall–Kier alpha value is -1.86. The Kier molecular flexibility index (Phi) is 4.41. The molecule has 3 N–H and O–H groups in total. The average Bonchev–Trinajstić information content (AvgIpc) is 2.87. The van der Waals surface area contributed by atoms with Gasteiger partial charge >= 0.3 is 0 Å². The molecule has 1 amide bonds. The van der Waals surface area contributed by atoms with Crippen molar-refractivity contribution >= 4 is 17.2 Å². The van der Waals surface area contributed by atoms with E-state index < -0.39 is 17.5 Å². The normalized spacial score (nSPS) is 12.2. The van der Waals surface area contributed by atoms with Crippen molar-refractivity contribution in [2.45, 2.75) is 19.5 Å². The van der Waals surface area contributed by atoms with Crippen LogP contribution in [0, 0.1) is 11.6 Å². The summed E-state index contributed by atoms with van der Waals surface area (Å²) in [5, 5.41) is 4.63. The minimum atomic E-state index is -0.695. The van der Waals surface area contributed by atoms with E-state index in [-0.39, 0.29) is 23.8 Å². The van der Waals surface area contributed by atoms with Crippen molar-refractivity contribution in [2.75, 3.05) is 0 Å². The summed E-state index contributed by atoms with van der Waals surface area (Å²) in [4.78, 5) is 15.9. The zero-order valence-corrected chi connectivity index (χ0v) is 11.5. The van der Waals surface area contributed by atoms with Crippen molar-refractivity contribution in [3.8, 4) is 0 Å². The highest BCUT2D eigenvalue weighted by atomic mass is 32.1. The summed E-state index contributed by atoms with van der Waals surface area (Å²) in [7, 11) is 0. The number of rotatable bonds is 4. The van der Waals surface area contributed by atoms with Crippen LogP contribution < -0.4 is 11.1 Å². The van der Waals surface area contributed by atoms with E-state index in [2.05, 4.69) is 10.3 Å². The molecule has 1 atom stereocenters. The van der Waals surface area contributed by atoms with E-state index in [1.807, 2.05) is 0 Å². The first-order valence-electron chi connectivity index (χ1n) is 5.91. The smallest absolute Gasteiger partial charge is 0.271 e. The lowest BCUT2D eigenvalue weighted by molar-refractivity contribution is 0.0946. The molecule has 1 unspecified atom stereocenters. The first-order chi connectivity index (χ1) is 9.49. The van der Waals surface area contributed by atoms with E-state index in [1.165, 1.54) is 17.4 Å². The van der Waals surface area contributed by atoms with Crippen LogP contribution in [0.25, 0.3) is 0 Å². The number of benzene rings is 1. The van der Waals surface area contributed by atoms with E-state index in [0.29, 0.717) is 5.01 Å². The van der Waals surface area contributed by atoms with E-state index in [4.69, 9.17) is 5.73 Å². The van der Waals surface area contributed by atoms with Gasteiger partial charge in [-0.25, -0.2) is 13.8 Å². The maximum absolute atomic E-state index is 13.4. The fraction of sp³-hybridized carbons (Fsp3) is 0.231. The summed E-state index contributed by atoms with van der Waals surface area (Å²) in [6.45, 7) is 1.53. The topological polar surface area (TPSA) is 68.0 Å². The van der Waals surface area contributed by atoms with Crippen LogP contribution in [0.1, 0.15) is 34.0 Å². The fourth-order valence-corrected chi connectivity index (χ4v) is 2.32. The highest BCUT2D eigenvalue weighted by Gasteiger charge is 2.14. The zero-order valence-electron chi connectivity index (χ0n) is 10.7. The van der Waals surface area contributed by atoms with E-state index in [0.717, 1.165) is 12.1 Å². The summed E-state index contributed by atoms with van der Waals surface area (Å²) in [5.74, 6) is -1.88. The third-order valence-corrected chi connectivity index (χ3v) is 3.68. The Morgan fingerprint density at radius 2 is 2.10 bits per heavy atom. The highest BCUT2D eigenvalue weighted by Crippen LogP contribution is 2.16. The number of hydrogen-bond acceptors (Lipinski definition) is 4. The Balaban J connectivity index is 2.05. The van der Waals surface area contributed by atoms with Gasteiger partial charge in [-0.15, -0.1) is 11.3 Å². The molecular weight excluding hydrogens is 284 g/mol. The molecule has 2 aromatic rings. The van der Waals surface area contributed by atoms with Crippen molar-refractivity contribution in [3.05, 3.63) is 51.5 Å². The minimum absolute atomic E-state index is 0.177. The molecule has 0 saturated heterocycles. The van der Waals surface area contributed by atoms with Gasteiger partial charge in [-0.2, -0.15) is 0 Å². The number of carbonyl (C=O) groups is 1. The third kappa shape index (κ3) is 3.17. The predicted octanol–water partition coefficient (Wildman–Crippen LogP) is 2.37. The molecule has 0 spiro atoms. The van der Waals surface area contributed by atoms with Crippen LogP contribution in [0.2, 0.25) is 0 Å². The van der Waals surface area contributed by atoms with Gasteiger partial charge in [0.25, 0.3) is 5.91 Å². The van der Waals surface area contributed by atoms with Crippen LogP contribution in [0.4, 0.5) is 8.78 Å². The van der Waals surface area contributed by atoms with Crippen molar-refractivity contribution < 1.29 is 13.6 Å². The molecule has 4 nitrogen and oxygen atoms in total. The summed E-state index contributed by atoms with van der Waals surface area (Å²) < 4.78 is 26.8. The van der Waals surface area contributed by atoms with Crippen LogP contribution in [-0.4, -0.2) is 10.9 Å². The molecule has 1 heterocycles. The van der Waals surface area contributed by atoms with Gasteiger partial charge in [-0.05, 0) is 19.1 Å². The van der Waals surface area contributed by atoms with Crippen LogP contribution in [0.5, 0.6) is 0 Å². The Bertz CT molecular complexity index is 608. The number of aromatic nitrogens is 1. The minimum Gasteiger partial charge on any atom is -0.346 e. The molecule has 0 aliphatic carbocycles. The van der Waals surface area contributed by atoms with E-state index >= 15 is 0 Å². The molecule has 106 valence electrons. The van der Waals surface area contributed by atoms with E-state index in [1.54, 1.807) is 12.3 Å². The van der Waals surface area contributed by atoms with Gasteiger partial charge < -0.3 is 11.1 Å². The number of nitrogens with zero attached hydrogens (tertiary/aromatic N) is 1. The SMILES string of the molecule is CC(N)c1nc(C(=O)NCc2c(F)cccc2F)cs1. The lowest BCUT2D eigenvalue weighted by atomic mass is 10.2. The van der Waals surface area contributed by atoms with Crippen molar-refractivity contribution in [1.82, 2.24) is 10.3 Å². The van der Waals surface area contributed by atoms with Gasteiger partial charge in [0.15, 0.2) is 0 Å². The summed E-state index contributed by atoms with van der Waals surface area (Å²) in [6, 6.07) is 3.29. The Morgan fingerprint density at radius 1 is 1.45 bits per heavy atom. The second-order valence-corrected chi connectivity index (χ2v) is 5.13. The maximum Gasteiger partial charge on any atom is 0.271 e. The van der Waals surface area contributed by atoms with Crippen LogP contribution >= 0.6 is 11.3 Å². The standard InChI is InChI=1S/C13H13F2N3OS/c1-7(16)13-18-11(6-20-13)12(19)17-5-8-9(14)3-2-4-10(8)15/h2-4,6-7H,5,16H2,1H3,(H,17,19). The largest absolute Gasteiger partial charge is 0.346 e. The number of hydrogen-bond donors (Lipinski definition) is 2. The van der Waals surface area contributed by atoms with Gasteiger partial charge in [-0.1, -0.05) is 6.07 Å². The lowest BCUT2D eigenvalue weighted by Gasteiger charge is -2.06. The second-order valence-electron chi connectivity index (χ2n) is 4.24. The first-order valence-corrected chi connectivity index (χ1v) is 6.79. The number of nitrogens with one attached hydrogen (secondary N) is 1. The lowest BCUT2D eigenvalue weighted by Crippen LogP contribution is -2.24. The highest BCUT2D eigenvalue weighted by molar-refractivity contribution is 7.09. The number of nitrogens with two attached hydrogens (primary N) is 1. The Labute approximate surface area is 118 Å². The summed E-state index contributed by atoms with van der Waals surface area (Å²) in [5.41, 5.74) is 5.67. The molecule has 0 bridgehead atoms. The maximum atomic E-state index is 13.4. The van der Waals surface area contributed by atoms with Gasteiger partial charge in [0.1, 0.15) is 22.3 Å². The molecule has 1 aromatic heterocycles. The predicted molar refractivity (Wildman–Crippen MR) is 72.2 cm³/mol. The molecule has 0 aliphatic rings. The molecule has 7 heteroatoms. The number of carbonyl (C=O) groups excluding carboxylic acids is 1. The van der Waals surface area contributed by atoms with Crippen molar-refractivity contribution in [3.63, 3.8) is 0 Å². The first kappa shape index (κ1) is 14.5. The molecule has 0 saturated carbocycles. The van der Waals surface area contributed by atoms with E-state index in [9.17, 15) is 13.6 Å². The Morgan fingerprint density at radius 3 is 2.65 bits per heavy atom. The number of halogens is 2. The summed E-state index contributed by atoms with van der Waals surface area (Å²) >= 11 is 1.27. The van der Waals surface area contributed by atoms with Crippen LogP contribution in [-0.2, 0) is 6.54 Å². The van der Waals surface area contributed by atoms with Gasteiger partial charge in [0.2, 0.25) is 0 Å².